The number of nitrogens with one attached hydrogen (secondary N) is 1. The van der Waals surface area contributed by atoms with Crippen molar-refractivity contribution in [1.82, 2.24) is 23.7 Å². The van der Waals surface area contributed by atoms with Crippen LogP contribution >= 0.6 is 0 Å². The Kier molecular flexibility index (Phi) is 7.04. The molecule has 294 valence electrons. The second-order valence-electron chi connectivity index (χ2n) is 16.5. The average molecular weight is 806 g/mol. The summed E-state index contributed by atoms with van der Waals surface area (Å²) >= 11 is 0. The molecule has 8 aromatic carbocycles. The van der Waals surface area contributed by atoms with Gasteiger partial charge in [-0.2, -0.15) is 0 Å². The maximum atomic E-state index is 5.43. The minimum atomic E-state index is -0.389. The van der Waals surface area contributed by atoms with E-state index in [1.54, 1.807) is 0 Å². The van der Waals surface area contributed by atoms with Crippen molar-refractivity contribution in [3.05, 3.63) is 217 Å². The molecule has 0 saturated carbocycles. The second-order valence-corrected chi connectivity index (χ2v) is 16.5. The summed E-state index contributed by atoms with van der Waals surface area (Å²) in [6, 6.07) is 71.3. The van der Waals surface area contributed by atoms with Gasteiger partial charge in [-0.15, -0.1) is 0 Å². The Bertz CT molecular complexity index is 3880. The minimum absolute atomic E-state index is 0.389. The fourth-order valence-electron chi connectivity index (χ4n) is 10.3. The quantitative estimate of drug-likeness (QED) is 0.188. The summed E-state index contributed by atoms with van der Waals surface area (Å²) in [6.07, 6.45) is -0.389. The molecule has 7 heteroatoms. The van der Waals surface area contributed by atoms with Crippen LogP contribution in [0.15, 0.2) is 210 Å². The molecule has 0 radical (unpaired) electrons. The van der Waals surface area contributed by atoms with Crippen LogP contribution in [0, 0.1) is 0 Å². The van der Waals surface area contributed by atoms with Gasteiger partial charge in [-0.25, -0.2) is 15.0 Å². The molecule has 1 aliphatic heterocycles. The maximum absolute atomic E-state index is 5.43. The molecule has 1 atom stereocenters. The van der Waals surface area contributed by atoms with E-state index in [2.05, 4.69) is 207 Å². The van der Waals surface area contributed by atoms with E-state index >= 15 is 0 Å². The summed E-state index contributed by atoms with van der Waals surface area (Å²) in [6.45, 7) is 0. The molecule has 5 aromatic heterocycles. The molecule has 0 aliphatic carbocycles. The van der Waals surface area contributed by atoms with Gasteiger partial charge in [0.05, 0.1) is 33.1 Å². The van der Waals surface area contributed by atoms with Gasteiger partial charge in [0.15, 0.2) is 5.84 Å². The summed E-state index contributed by atoms with van der Waals surface area (Å²) in [5, 5.41) is 11.0. The highest BCUT2D eigenvalue weighted by Crippen LogP contribution is 2.45. The van der Waals surface area contributed by atoms with Crippen LogP contribution in [0.4, 0.5) is 0 Å². The Morgan fingerprint density at radius 3 is 1.59 bits per heavy atom. The van der Waals surface area contributed by atoms with Crippen molar-refractivity contribution in [2.75, 3.05) is 0 Å². The lowest BCUT2D eigenvalue weighted by atomic mass is 10.0. The molecule has 1 unspecified atom stereocenters. The largest absolute Gasteiger partial charge is 0.344 e. The van der Waals surface area contributed by atoms with Gasteiger partial charge in [-0.1, -0.05) is 152 Å². The lowest BCUT2D eigenvalue weighted by molar-refractivity contribution is 0.674. The van der Waals surface area contributed by atoms with Crippen LogP contribution in [0.2, 0.25) is 0 Å². The van der Waals surface area contributed by atoms with Gasteiger partial charge in [-0.05, 0) is 65.2 Å². The predicted octanol–water partition coefficient (Wildman–Crippen LogP) is 12.9. The van der Waals surface area contributed by atoms with Crippen LogP contribution in [0.3, 0.4) is 0 Å². The lowest BCUT2D eigenvalue weighted by Crippen LogP contribution is -2.33. The van der Waals surface area contributed by atoms with Gasteiger partial charge >= 0.3 is 0 Å². The second kappa shape index (κ2) is 13.0. The van der Waals surface area contributed by atoms with E-state index < -0.39 is 0 Å². The summed E-state index contributed by atoms with van der Waals surface area (Å²) in [5.74, 6) is 1.48. The third-order valence-corrected chi connectivity index (χ3v) is 13.0. The van der Waals surface area contributed by atoms with Crippen LogP contribution in [0.1, 0.15) is 22.9 Å². The molecule has 7 nitrogen and oxygen atoms in total. The first-order chi connectivity index (χ1) is 31.2. The summed E-state index contributed by atoms with van der Waals surface area (Å²) in [7, 11) is 0. The molecular weight excluding hydrogens is 771 g/mol. The minimum Gasteiger partial charge on any atom is -0.344 e. The number of fused-ring (bicyclic) bond motifs is 10. The van der Waals surface area contributed by atoms with E-state index in [1.165, 1.54) is 37.9 Å². The summed E-state index contributed by atoms with van der Waals surface area (Å²) < 4.78 is 7.20. The molecular formula is C56H35N7. The Morgan fingerprint density at radius 1 is 0.413 bits per heavy atom. The van der Waals surface area contributed by atoms with Gasteiger partial charge in [0.1, 0.15) is 23.3 Å². The third-order valence-electron chi connectivity index (χ3n) is 13.0. The number of aromatic nitrogens is 4. The highest BCUT2D eigenvalue weighted by Gasteiger charge is 2.26. The number of rotatable bonds is 5. The smallest absolute Gasteiger partial charge is 0.159 e. The first kappa shape index (κ1) is 34.2. The van der Waals surface area contributed by atoms with E-state index in [4.69, 9.17) is 15.0 Å². The normalized spacial score (nSPS) is 14.5. The molecule has 0 saturated heterocycles. The van der Waals surface area contributed by atoms with Crippen LogP contribution in [-0.2, 0) is 0 Å². The topological polar surface area (TPSA) is 63.4 Å². The zero-order valence-corrected chi connectivity index (χ0v) is 33.8. The maximum Gasteiger partial charge on any atom is 0.159 e. The monoisotopic (exact) mass is 805 g/mol. The van der Waals surface area contributed by atoms with Crippen molar-refractivity contribution in [3.63, 3.8) is 0 Å². The van der Waals surface area contributed by atoms with Gasteiger partial charge < -0.3 is 9.88 Å². The summed E-state index contributed by atoms with van der Waals surface area (Å²) in [4.78, 5) is 15.9. The van der Waals surface area contributed by atoms with Crippen molar-refractivity contribution in [3.8, 4) is 16.8 Å². The van der Waals surface area contributed by atoms with Crippen LogP contribution in [-0.4, -0.2) is 30.0 Å². The third kappa shape index (κ3) is 4.93. The van der Waals surface area contributed by atoms with Crippen molar-refractivity contribution >= 4 is 88.4 Å². The SMILES string of the molecule is c1ccc(C2=NC(c3ccc(-c4ccccc4)cc3)=NC(c3cccc(-n4c5ccc6c7ccccc7n7c8cccc(n8)n8c9ccccc9c9ccc4c(c5c67)c98)c3)N2)cc1. The number of pyridine rings is 1. The zero-order chi connectivity index (χ0) is 41.2. The van der Waals surface area contributed by atoms with Crippen molar-refractivity contribution in [1.29, 1.82) is 0 Å². The molecule has 14 rings (SSSR count). The summed E-state index contributed by atoms with van der Waals surface area (Å²) in [5.41, 5.74) is 15.1. The van der Waals surface area contributed by atoms with Crippen molar-refractivity contribution in [2.45, 2.75) is 6.17 Å². The fraction of sp³-hybridized carbons (Fsp3) is 0.0179. The van der Waals surface area contributed by atoms with E-state index in [0.29, 0.717) is 5.84 Å². The molecule has 63 heavy (non-hydrogen) atoms. The molecule has 13 aromatic rings. The molecule has 1 N–H and O–H groups in total. The van der Waals surface area contributed by atoms with Crippen LogP contribution in [0.5, 0.6) is 0 Å². The average Bonchev–Trinajstić information content (AvgIpc) is 4.01. The number of para-hydroxylation sites is 2. The molecule has 0 fully saturated rings. The number of amidine groups is 2. The van der Waals surface area contributed by atoms with E-state index in [-0.39, 0.29) is 6.17 Å². The van der Waals surface area contributed by atoms with E-state index in [0.717, 1.165) is 78.2 Å². The molecule has 0 amide bonds. The highest BCUT2D eigenvalue weighted by molar-refractivity contribution is 6.33. The standard InChI is InChI=1S/C56H35N7/c1-3-13-34(14-4-1)35-25-27-37(28-26-35)55-58-54(36-15-5-2-6-16-36)59-56(60-55)38-17-11-18-39(33-38)61-46-31-29-42-40-19-7-9-21-44(40)62-48-23-12-24-49(57-48)63-45-22-10-8-20-41(45)43-30-32-47(61)51(53(43)63)50(46)52(42)62/h1-33,56H,(H,58,59,60). The predicted molar refractivity (Wildman–Crippen MR) is 259 cm³/mol. The highest BCUT2D eigenvalue weighted by atomic mass is 15.2. The Balaban J connectivity index is 1.02. The molecule has 1 aliphatic rings. The number of hydrogen-bond donors (Lipinski definition) is 1. The van der Waals surface area contributed by atoms with Gasteiger partial charge in [0.2, 0.25) is 0 Å². The number of benzene rings is 8. The Morgan fingerprint density at radius 2 is 0.952 bits per heavy atom. The van der Waals surface area contributed by atoms with Crippen LogP contribution in [0.25, 0.3) is 93.5 Å². The number of nitrogens with zero attached hydrogens (tertiary/aromatic N) is 6. The van der Waals surface area contributed by atoms with Gasteiger partial charge in [-0.3, -0.25) is 8.80 Å². The van der Waals surface area contributed by atoms with Gasteiger partial charge in [0, 0.05) is 49.1 Å². The number of hydrogen-bond acceptors (Lipinski definition) is 4. The first-order valence-corrected chi connectivity index (χ1v) is 21.4. The van der Waals surface area contributed by atoms with Crippen molar-refractivity contribution < 1.29 is 0 Å². The van der Waals surface area contributed by atoms with E-state index in [9.17, 15) is 0 Å². The zero-order valence-electron chi connectivity index (χ0n) is 33.8. The van der Waals surface area contributed by atoms with E-state index in [1.807, 2.05) is 12.1 Å². The fourth-order valence-corrected chi connectivity index (χ4v) is 10.3. The Hall–Kier alpha value is -8.55. The molecule has 0 spiro atoms. The molecule has 6 heterocycles. The molecule has 2 bridgehead atoms. The van der Waals surface area contributed by atoms with Gasteiger partial charge in [0.25, 0.3) is 0 Å². The lowest BCUT2D eigenvalue weighted by Gasteiger charge is -2.24. The number of aliphatic imine (C=N–C) groups is 2. The first-order valence-electron chi connectivity index (χ1n) is 21.4. The van der Waals surface area contributed by atoms with Crippen molar-refractivity contribution in [2.24, 2.45) is 9.98 Å². The van der Waals surface area contributed by atoms with Crippen LogP contribution < -0.4 is 5.32 Å². The Labute approximate surface area is 360 Å².